The van der Waals surface area contributed by atoms with Gasteiger partial charge in [0.05, 0.1) is 17.1 Å². The third-order valence-corrected chi connectivity index (χ3v) is 12.3. The van der Waals surface area contributed by atoms with Gasteiger partial charge in [0.15, 0.2) is 0 Å². The van der Waals surface area contributed by atoms with Crippen molar-refractivity contribution in [3.63, 3.8) is 0 Å². The van der Waals surface area contributed by atoms with Gasteiger partial charge in [-0.3, -0.25) is 24.0 Å². The Kier molecular flexibility index (Phi) is 10.1. The van der Waals surface area contributed by atoms with Crippen molar-refractivity contribution in [3.05, 3.63) is 161 Å². The molecule has 0 atom stereocenters. The van der Waals surface area contributed by atoms with Crippen LogP contribution in [0.3, 0.4) is 0 Å². The Labute approximate surface area is 345 Å². The Morgan fingerprint density at radius 3 is 1.48 bits per heavy atom. The standard InChI is InChI=1S/C50H47N5.Pt/c1-34-15-11-27-43(38-19-5-3-6-20-38)47(34)53-32-45-40-23-13-17-36(30-40)29-37-18-14-24-41(31-37)46-33-54(48-35(2)16-12-28-44(48)39-21-9-10-22-39)50(52-46)55(49(53)51-45)42-25-7-4-8-26-42;/h4,7-8,11-18,23-28,32-33,38-39H,3,5-6,9-10,19-22,29H2,1-2H3;/q-2;+2. The summed E-state index contributed by atoms with van der Waals surface area (Å²) in [4.78, 5) is 13.6. The fraction of sp³-hybridized carbons (Fsp3) is 0.280. The van der Waals surface area contributed by atoms with Crippen LogP contribution in [0.15, 0.2) is 116 Å². The molecule has 3 aliphatic rings. The van der Waals surface area contributed by atoms with E-state index in [1.807, 2.05) is 0 Å². The van der Waals surface area contributed by atoms with Gasteiger partial charge in [0, 0.05) is 11.4 Å². The van der Waals surface area contributed by atoms with E-state index in [1.54, 1.807) is 0 Å². The summed E-state index contributed by atoms with van der Waals surface area (Å²) < 4.78 is 4.75. The molecule has 0 N–H and O–H groups in total. The predicted molar refractivity (Wildman–Crippen MR) is 223 cm³/mol. The van der Waals surface area contributed by atoms with Crippen molar-refractivity contribution in [2.24, 2.45) is 0 Å². The first-order valence-corrected chi connectivity index (χ1v) is 20.4. The maximum Gasteiger partial charge on any atom is 2.00 e. The summed E-state index contributed by atoms with van der Waals surface area (Å²) in [5.74, 6) is 2.65. The molecular formula is C50H47N5Pt. The molecule has 1 aliphatic heterocycles. The molecule has 56 heavy (non-hydrogen) atoms. The SMILES string of the molecule is Cc1cccc(C2CCCCC2)c1-n1cc2nc1N(c1ccccc1)c1nc(cn1-c1c(C)cccc1C1CCCC1)-c1[c-]c(ccc1)Cc1[c-]c-2ccc1.[Pt+2]. The summed E-state index contributed by atoms with van der Waals surface area (Å²) in [7, 11) is 0. The Hall–Kier alpha value is -4.99. The molecule has 282 valence electrons. The van der Waals surface area contributed by atoms with E-state index in [0.717, 1.165) is 57.6 Å². The summed E-state index contributed by atoms with van der Waals surface area (Å²) in [6.45, 7) is 4.51. The van der Waals surface area contributed by atoms with E-state index in [4.69, 9.17) is 9.97 Å². The number of nitrogens with zero attached hydrogens (tertiary/aromatic N) is 5. The average Bonchev–Trinajstić information content (AvgIpc) is 4.01. The van der Waals surface area contributed by atoms with Crippen LogP contribution in [0.1, 0.15) is 103 Å². The van der Waals surface area contributed by atoms with Crippen LogP contribution in [0, 0.1) is 26.0 Å². The second kappa shape index (κ2) is 15.5. The van der Waals surface area contributed by atoms with E-state index in [2.05, 4.69) is 156 Å². The molecule has 2 fully saturated rings. The quantitative estimate of drug-likeness (QED) is 0.162. The summed E-state index contributed by atoms with van der Waals surface area (Å²) >= 11 is 0. The second-order valence-corrected chi connectivity index (χ2v) is 16.0. The molecule has 0 unspecified atom stereocenters. The fourth-order valence-electron chi connectivity index (χ4n) is 9.62. The molecular weight excluding hydrogens is 866 g/mol. The van der Waals surface area contributed by atoms with Crippen LogP contribution in [0.5, 0.6) is 0 Å². The molecule has 0 amide bonds. The van der Waals surface area contributed by atoms with E-state index in [1.165, 1.54) is 91.4 Å². The smallest absolute Gasteiger partial charge is 0.294 e. The molecule has 2 saturated carbocycles. The zero-order chi connectivity index (χ0) is 36.9. The summed E-state index contributed by atoms with van der Waals surface area (Å²) in [5.41, 5.74) is 14.7. The number of rotatable bonds is 5. The monoisotopic (exact) mass is 912 g/mol. The summed E-state index contributed by atoms with van der Waals surface area (Å²) in [6.07, 6.45) is 16.5. The number of aromatic nitrogens is 4. The number of para-hydroxylation sites is 3. The van der Waals surface area contributed by atoms with Crippen molar-refractivity contribution < 1.29 is 21.1 Å². The third-order valence-electron chi connectivity index (χ3n) is 12.3. The molecule has 7 aromatic rings. The predicted octanol–water partition coefficient (Wildman–Crippen LogP) is 12.7. The number of benzene rings is 5. The van der Waals surface area contributed by atoms with E-state index in [9.17, 15) is 0 Å². The molecule has 8 bridgehead atoms. The minimum atomic E-state index is 0. The number of aryl methyl sites for hydroxylation is 2. The number of hydrogen-bond donors (Lipinski definition) is 0. The molecule has 5 nitrogen and oxygen atoms in total. The van der Waals surface area contributed by atoms with Gasteiger partial charge in [0.1, 0.15) is 0 Å². The topological polar surface area (TPSA) is 38.9 Å². The minimum absolute atomic E-state index is 0. The van der Waals surface area contributed by atoms with Gasteiger partial charge < -0.3 is 0 Å². The van der Waals surface area contributed by atoms with Crippen molar-refractivity contribution in [2.75, 3.05) is 4.90 Å². The number of imidazole rings is 2. The molecule has 0 spiro atoms. The van der Waals surface area contributed by atoms with Gasteiger partial charge >= 0.3 is 21.1 Å². The van der Waals surface area contributed by atoms with Gasteiger partial charge in [0.2, 0.25) is 11.9 Å². The minimum Gasteiger partial charge on any atom is -0.294 e. The normalized spacial score (nSPS) is 15.7. The Bertz CT molecular complexity index is 2500. The van der Waals surface area contributed by atoms with Gasteiger partial charge in [-0.1, -0.05) is 86.7 Å². The van der Waals surface area contributed by atoms with Gasteiger partial charge in [-0.25, -0.2) is 0 Å². The van der Waals surface area contributed by atoms with Crippen molar-refractivity contribution in [2.45, 2.75) is 89.9 Å². The van der Waals surface area contributed by atoms with Crippen molar-refractivity contribution in [1.29, 1.82) is 0 Å². The van der Waals surface area contributed by atoms with Crippen LogP contribution in [-0.4, -0.2) is 19.1 Å². The molecule has 3 heterocycles. The van der Waals surface area contributed by atoms with Gasteiger partial charge in [0.25, 0.3) is 0 Å². The zero-order valence-electron chi connectivity index (χ0n) is 32.2. The summed E-state index contributed by atoms with van der Waals surface area (Å²) in [5, 5.41) is 0. The van der Waals surface area contributed by atoms with Gasteiger partial charge in [-0.15, -0.1) is 70.8 Å². The van der Waals surface area contributed by atoms with Crippen LogP contribution < -0.4 is 4.90 Å². The van der Waals surface area contributed by atoms with E-state index >= 15 is 0 Å². The Balaban J connectivity index is 0.00000410. The molecule has 2 aliphatic carbocycles. The van der Waals surface area contributed by atoms with Crippen LogP contribution >= 0.6 is 0 Å². The largest absolute Gasteiger partial charge is 2.00 e. The second-order valence-electron chi connectivity index (χ2n) is 16.0. The Morgan fingerprint density at radius 1 is 0.518 bits per heavy atom. The molecule has 2 aromatic heterocycles. The fourth-order valence-corrected chi connectivity index (χ4v) is 9.62. The average molecular weight is 913 g/mol. The molecule has 0 saturated heterocycles. The maximum absolute atomic E-state index is 5.65. The van der Waals surface area contributed by atoms with Crippen molar-refractivity contribution in [1.82, 2.24) is 19.1 Å². The Morgan fingerprint density at radius 2 is 0.982 bits per heavy atom. The van der Waals surface area contributed by atoms with Crippen molar-refractivity contribution >= 4 is 17.6 Å². The first-order chi connectivity index (χ1) is 27.1. The van der Waals surface area contributed by atoms with Crippen LogP contribution in [0.25, 0.3) is 33.9 Å². The zero-order valence-corrected chi connectivity index (χ0v) is 34.5. The number of anilines is 3. The van der Waals surface area contributed by atoms with E-state index in [0.29, 0.717) is 11.8 Å². The first-order valence-electron chi connectivity index (χ1n) is 20.4. The van der Waals surface area contributed by atoms with E-state index in [-0.39, 0.29) is 21.1 Å². The molecule has 6 heteroatoms. The maximum atomic E-state index is 5.65. The molecule has 10 rings (SSSR count). The van der Waals surface area contributed by atoms with Crippen LogP contribution in [-0.2, 0) is 27.5 Å². The van der Waals surface area contributed by atoms with Gasteiger partial charge in [-0.2, -0.15) is 0 Å². The first kappa shape index (κ1) is 36.6. The number of hydrogen-bond acceptors (Lipinski definition) is 3. The molecule has 0 radical (unpaired) electrons. The molecule has 5 aromatic carbocycles. The summed E-state index contributed by atoms with van der Waals surface area (Å²) in [6, 6.07) is 44.9. The number of fused-ring (bicyclic) bond motifs is 10. The van der Waals surface area contributed by atoms with Crippen LogP contribution in [0.2, 0.25) is 0 Å². The van der Waals surface area contributed by atoms with Crippen LogP contribution in [0.4, 0.5) is 17.6 Å². The van der Waals surface area contributed by atoms with Crippen molar-refractivity contribution in [3.8, 4) is 33.9 Å². The van der Waals surface area contributed by atoms with Gasteiger partial charge in [-0.05, 0) is 105 Å². The third kappa shape index (κ3) is 6.68. The van der Waals surface area contributed by atoms with E-state index < -0.39 is 0 Å².